The van der Waals surface area contributed by atoms with Gasteiger partial charge < -0.3 is 19.9 Å². The number of hydrogen-bond donors (Lipinski definition) is 2. The molecule has 0 aromatic heterocycles. The van der Waals surface area contributed by atoms with E-state index in [1.54, 1.807) is 7.11 Å². The molecule has 1 aromatic carbocycles. The SMILES string of the molecule is COc1ccc(C(C)NC(=O)C2CCC(C(=O)O)O2)cc1. The number of ether oxygens (including phenoxy) is 2. The second-order valence-corrected chi connectivity index (χ2v) is 5.03. The summed E-state index contributed by atoms with van der Waals surface area (Å²) in [4.78, 5) is 22.9. The average molecular weight is 293 g/mol. The lowest BCUT2D eigenvalue weighted by Gasteiger charge is -2.18. The van der Waals surface area contributed by atoms with Gasteiger partial charge >= 0.3 is 5.97 Å². The number of aliphatic carboxylic acids is 1. The third-order valence-corrected chi connectivity index (χ3v) is 3.56. The van der Waals surface area contributed by atoms with Gasteiger partial charge in [-0.1, -0.05) is 12.1 Å². The zero-order chi connectivity index (χ0) is 15.4. The quantitative estimate of drug-likeness (QED) is 0.859. The van der Waals surface area contributed by atoms with Crippen LogP contribution in [-0.4, -0.2) is 36.3 Å². The van der Waals surface area contributed by atoms with Crippen molar-refractivity contribution in [2.75, 3.05) is 7.11 Å². The lowest BCUT2D eigenvalue weighted by molar-refractivity contribution is -0.151. The molecule has 0 aliphatic carbocycles. The van der Waals surface area contributed by atoms with Gasteiger partial charge in [-0.15, -0.1) is 0 Å². The summed E-state index contributed by atoms with van der Waals surface area (Å²) in [6.45, 7) is 1.86. The van der Waals surface area contributed by atoms with Gasteiger partial charge in [-0.2, -0.15) is 0 Å². The van der Waals surface area contributed by atoms with E-state index in [0.717, 1.165) is 11.3 Å². The van der Waals surface area contributed by atoms with Crippen LogP contribution in [0.4, 0.5) is 0 Å². The Hall–Kier alpha value is -2.08. The topological polar surface area (TPSA) is 84.9 Å². The van der Waals surface area contributed by atoms with Crippen LogP contribution in [0.15, 0.2) is 24.3 Å². The minimum absolute atomic E-state index is 0.184. The molecule has 2 N–H and O–H groups in total. The van der Waals surface area contributed by atoms with Gasteiger partial charge in [0, 0.05) is 0 Å². The second kappa shape index (κ2) is 6.58. The lowest BCUT2D eigenvalue weighted by Crippen LogP contribution is -2.37. The molecule has 1 heterocycles. The molecular formula is C15H19NO5. The highest BCUT2D eigenvalue weighted by Crippen LogP contribution is 2.22. The van der Waals surface area contributed by atoms with Crippen LogP contribution in [0.3, 0.4) is 0 Å². The van der Waals surface area contributed by atoms with E-state index in [4.69, 9.17) is 14.6 Å². The van der Waals surface area contributed by atoms with Crippen molar-refractivity contribution in [3.63, 3.8) is 0 Å². The van der Waals surface area contributed by atoms with E-state index in [1.807, 2.05) is 31.2 Å². The van der Waals surface area contributed by atoms with E-state index in [-0.39, 0.29) is 11.9 Å². The third kappa shape index (κ3) is 3.72. The molecule has 3 atom stereocenters. The molecule has 0 radical (unpaired) electrons. The summed E-state index contributed by atoms with van der Waals surface area (Å²) in [5.74, 6) is -0.545. The minimum atomic E-state index is -1.02. The van der Waals surface area contributed by atoms with Crippen LogP contribution in [-0.2, 0) is 14.3 Å². The van der Waals surface area contributed by atoms with Crippen molar-refractivity contribution >= 4 is 11.9 Å². The molecule has 3 unspecified atom stereocenters. The van der Waals surface area contributed by atoms with Crippen molar-refractivity contribution in [1.29, 1.82) is 0 Å². The Morgan fingerprint density at radius 1 is 1.29 bits per heavy atom. The molecule has 1 fully saturated rings. The molecule has 0 saturated carbocycles. The molecule has 1 aromatic rings. The zero-order valence-electron chi connectivity index (χ0n) is 12.0. The van der Waals surface area contributed by atoms with Gasteiger partial charge in [0.05, 0.1) is 13.2 Å². The van der Waals surface area contributed by atoms with Gasteiger partial charge in [0.2, 0.25) is 5.91 Å². The normalized spacial score (nSPS) is 22.6. The summed E-state index contributed by atoms with van der Waals surface area (Å²) in [5.41, 5.74) is 0.942. The van der Waals surface area contributed by atoms with E-state index in [9.17, 15) is 9.59 Å². The zero-order valence-corrected chi connectivity index (χ0v) is 12.0. The maximum Gasteiger partial charge on any atom is 0.332 e. The fraction of sp³-hybridized carbons (Fsp3) is 0.467. The molecule has 1 saturated heterocycles. The van der Waals surface area contributed by atoms with Crippen LogP contribution in [0.25, 0.3) is 0 Å². The summed E-state index contributed by atoms with van der Waals surface area (Å²) in [5, 5.41) is 11.7. The van der Waals surface area contributed by atoms with Crippen LogP contribution in [0.1, 0.15) is 31.4 Å². The van der Waals surface area contributed by atoms with E-state index in [1.165, 1.54) is 0 Å². The maximum absolute atomic E-state index is 12.1. The first-order valence-electron chi connectivity index (χ1n) is 6.84. The first kappa shape index (κ1) is 15.3. The Morgan fingerprint density at radius 2 is 1.90 bits per heavy atom. The number of amides is 1. The summed E-state index contributed by atoms with van der Waals surface area (Å²) in [6, 6.07) is 7.21. The molecule has 1 aliphatic rings. The first-order valence-corrected chi connectivity index (χ1v) is 6.84. The second-order valence-electron chi connectivity index (χ2n) is 5.03. The Labute approximate surface area is 123 Å². The Kier molecular flexibility index (Phi) is 4.80. The maximum atomic E-state index is 12.1. The molecule has 1 aliphatic heterocycles. The molecule has 2 rings (SSSR count). The summed E-state index contributed by atoms with van der Waals surface area (Å²) in [6.07, 6.45) is -0.772. The average Bonchev–Trinajstić information content (AvgIpc) is 2.97. The Balaban J connectivity index is 1.91. The van der Waals surface area contributed by atoms with Crippen LogP contribution in [0.2, 0.25) is 0 Å². The summed E-state index contributed by atoms with van der Waals surface area (Å²) in [7, 11) is 1.59. The lowest BCUT2D eigenvalue weighted by atomic mass is 10.1. The number of carbonyl (C=O) groups excluding carboxylic acids is 1. The van der Waals surface area contributed by atoms with Gasteiger partial charge in [0.25, 0.3) is 0 Å². The smallest absolute Gasteiger partial charge is 0.332 e. The minimum Gasteiger partial charge on any atom is -0.497 e. The highest BCUT2D eigenvalue weighted by molar-refractivity contribution is 5.83. The summed E-state index contributed by atoms with van der Waals surface area (Å²) >= 11 is 0. The molecule has 6 heteroatoms. The van der Waals surface area contributed by atoms with Gasteiger partial charge in [0.1, 0.15) is 11.9 Å². The van der Waals surface area contributed by atoms with Crippen molar-refractivity contribution < 1.29 is 24.2 Å². The van der Waals surface area contributed by atoms with Gasteiger partial charge in [0.15, 0.2) is 6.10 Å². The highest BCUT2D eigenvalue weighted by atomic mass is 16.5. The summed E-state index contributed by atoms with van der Waals surface area (Å²) < 4.78 is 10.3. The predicted molar refractivity (Wildman–Crippen MR) is 75.1 cm³/mol. The van der Waals surface area contributed by atoms with E-state index in [2.05, 4.69) is 5.32 Å². The van der Waals surface area contributed by atoms with E-state index in [0.29, 0.717) is 12.8 Å². The fourth-order valence-corrected chi connectivity index (χ4v) is 2.29. The number of carboxylic acid groups (broad SMARTS) is 1. The van der Waals surface area contributed by atoms with E-state index >= 15 is 0 Å². The number of nitrogens with one attached hydrogen (secondary N) is 1. The van der Waals surface area contributed by atoms with Crippen molar-refractivity contribution in [1.82, 2.24) is 5.32 Å². The first-order chi connectivity index (χ1) is 10.0. The fourth-order valence-electron chi connectivity index (χ4n) is 2.29. The van der Waals surface area contributed by atoms with Crippen LogP contribution in [0, 0.1) is 0 Å². The number of carboxylic acids is 1. The van der Waals surface area contributed by atoms with Gasteiger partial charge in [-0.25, -0.2) is 4.79 Å². The number of carbonyl (C=O) groups is 2. The van der Waals surface area contributed by atoms with Gasteiger partial charge in [-0.3, -0.25) is 4.79 Å². The van der Waals surface area contributed by atoms with Crippen LogP contribution in [0.5, 0.6) is 5.75 Å². The highest BCUT2D eigenvalue weighted by Gasteiger charge is 2.35. The molecule has 21 heavy (non-hydrogen) atoms. The predicted octanol–water partition coefficient (Wildman–Crippen LogP) is 1.50. The Bertz CT molecular complexity index is 513. The van der Waals surface area contributed by atoms with E-state index < -0.39 is 18.2 Å². The monoisotopic (exact) mass is 293 g/mol. The van der Waals surface area contributed by atoms with Crippen molar-refractivity contribution in [3.05, 3.63) is 29.8 Å². The van der Waals surface area contributed by atoms with Crippen LogP contribution >= 0.6 is 0 Å². The molecule has 1 amide bonds. The number of rotatable bonds is 5. The number of methoxy groups -OCH3 is 1. The van der Waals surface area contributed by atoms with Crippen molar-refractivity contribution in [3.8, 4) is 5.75 Å². The molecule has 6 nitrogen and oxygen atoms in total. The van der Waals surface area contributed by atoms with Gasteiger partial charge in [-0.05, 0) is 37.5 Å². The number of benzene rings is 1. The largest absolute Gasteiger partial charge is 0.497 e. The molecule has 114 valence electrons. The van der Waals surface area contributed by atoms with Crippen molar-refractivity contribution in [2.24, 2.45) is 0 Å². The molecule has 0 spiro atoms. The van der Waals surface area contributed by atoms with Crippen LogP contribution < -0.4 is 10.1 Å². The third-order valence-electron chi connectivity index (χ3n) is 3.56. The molecule has 0 bridgehead atoms. The van der Waals surface area contributed by atoms with Crippen molar-refractivity contribution in [2.45, 2.75) is 38.0 Å². The number of hydrogen-bond acceptors (Lipinski definition) is 4. The standard InChI is InChI=1S/C15H19NO5/c1-9(10-3-5-11(20-2)6-4-10)16-14(17)12-7-8-13(21-12)15(18)19/h3-6,9,12-13H,7-8H2,1-2H3,(H,16,17)(H,18,19). The Morgan fingerprint density at radius 3 is 2.43 bits per heavy atom. The molecular weight excluding hydrogens is 274 g/mol.